The zero-order valence-corrected chi connectivity index (χ0v) is 15.1. The van der Waals surface area contributed by atoms with Gasteiger partial charge in [-0.25, -0.2) is 4.79 Å². The highest BCUT2D eigenvalue weighted by atomic mass is 16.7. The molecule has 0 aliphatic rings. The van der Waals surface area contributed by atoms with Gasteiger partial charge in [0.25, 0.3) is 0 Å². The second-order valence-corrected chi connectivity index (χ2v) is 6.70. The number of carbonyl (C=O) groups excluding carboxylic acids is 1. The minimum atomic E-state index is -0.593. The summed E-state index contributed by atoms with van der Waals surface area (Å²) in [5, 5.41) is 0. The van der Waals surface area contributed by atoms with Crippen LogP contribution in [-0.2, 0) is 14.2 Å². The smallest absolute Gasteiger partial charge is 0.505 e. The fraction of sp³-hybridized carbons (Fsp3) is 0.722. The standard InChI is InChI=1S/C18H32O4/c1-14(2)16(15(3)4)21-17(19)22-18(5,6)12-10-8-9-11-13-20-7/h8,10-11,13-16H,9,12H2,1-7H3/b10-8-,13-11-. The van der Waals surface area contributed by atoms with Gasteiger partial charge in [0.1, 0.15) is 11.7 Å². The number of ether oxygens (including phenoxy) is 3. The molecule has 4 heteroatoms. The minimum absolute atomic E-state index is 0.127. The SMILES string of the molecule is CO/C=C\C/C=C\CC(C)(C)OC(=O)OC(C(C)C)C(C)C. The number of carbonyl (C=O) groups is 1. The zero-order valence-electron chi connectivity index (χ0n) is 15.1. The lowest BCUT2D eigenvalue weighted by Crippen LogP contribution is -2.34. The average Bonchev–Trinajstić information content (AvgIpc) is 2.38. The van der Waals surface area contributed by atoms with Crippen molar-refractivity contribution in [2.24, 2.45) is 11.8 Å². The van der Waals surface area contributed by atoms with Crippen molar-refractivity contribution in [2.75, 3.05) is 7.11 Å². The van der Waals surface area contributed by atoms with Crippen molar-refractivity contribution in [3.05, 3.63) is 24.5 Å². The molecule has 0 atom stereocenters. The van der Waals surface area contributed by atoms with Gasteiger partial charge in [0.2, 0.25) is 0 Å². The summed E-state index contributed by atoms with van der Waals surface area (Å²) in [4.78, 5) is 12.0. The highest BCUT2D eigenvalue weighted by molar-refractivity contribution is 5.60. The highest BCUT2D eigenvalue weighted by Gasteiger charge is 2.27. The van der Waals surface area contributed by atoms with E-state index in [4.69, 9.17) is 14.2 Å². The van der Waals surface area contributed by atoms with E-state index in [1.165, 1.54) is 0 Å². The van der Waals surface area contributed by atoms with E-state index in [1.54, 1.807) is 13.4 Å². The van der Waals surface area contributed by atoms with Crippen molar-refractivity contribution in [1.82, 2.24) is 0 Å². The summed E-state index contributed by atoms with van der Waals surface area (Å²) in [5.74, 6) is 0.534. The zero-order chi connectivity index (χ0) is 17.2. The maximum Gasteiger partial charge on any atom is 0.509 e. The van der Waals surface area contributed by atoms with Crippen LogP contribution >= 0.6 is 0 Å². The molecule has 4 nitrogen and oxygen atoms in total. The van der Waals surface area contributed by atoms with E-state index in [1.807, 2.05) is 59.8 Å². The van der Waals surface area contributed by atoms with Gasteiger partial charge in [0.15, 0.2) is 0 Å². The van der Waals surface area contributed by atoms with Crippen LogP contribution in [-0.4, -0.2) is 25.0 Å². The molecule has 0 saturated heterocycles. The predicted molar refractivity (Wildman–Crippen MR) is 89.6 cm³/mol. The lowest BCUT2D eigenvalue weighted by molar-refractivity contribution is -0.0525. The average molecular weight is 312 g/mol. The van der Waals surface area contributed by atoms with E-state index in [0.29, 0.717) is 6.42 Å². The van der Waals surface area contributed by atoms with E-state index in [2.05, 4.69) is 0 Å². The molecule has 0 aliphatic carbocycles. The second kappa shape index (κ2) is 10.3. The summed E-state index contributed by atoms with van der Waals surface area (Å²) < 4.78 is 15.7. The van der Waals surface area contributed by atoms with Crippen molar-refractivity contribution in [3.63, 3.8) is 0 Å². The van der Waals surface area contributed by atoms with Crippen LogP contribution in [0.25, 0.3) is 0 Å². The summed E-state index contributed by atoms with van der Waals surface area (Å²) >= 11 is 0. The van der Waals surface area contributed by atoms with Gasteiger partial charge in [-0.3, -0.25) is 0 Å². The molecule has 0 spiro atoms. The quantitative estimate of drug-likeness (QED) is 0.338. The molecule has 0 bridgehead atoms. The monoisotopic (exact) mass is 312 g/mol. The summed E-state index contributed by atoms with van der Waals surface area (Å²) in [6.07, 6.45) is 8.26. The molecule has 128 valence electrons. The Hall–Kier alpha value is -1.45. The summed E-state index contributed by atoms with van der Waals surface area (Å²) in [6.45, 7) is 11.9. The Balaban J connectivity index is 4.33. The van der Waals surface area contributed by atoms with Gasteiger partial charge in [0.05, 0.1) is 13.4 Å². The molecule has 0 aliphatic heterocycles. The molecule has 0 N–H and O–H groups in total. The molecule has 0 amide bonds. The lowest BCUT2D eigenvalue weighted by atomic mass is 9.96. The molecule has 22 heavy (non-hydrogen) atoms. The third-order valence-corrected chi connectivity index (χ3v) is 3.19. The van der Waals surface area contributed by atoms with Crippen LogP contribution in [0.5, 0.6) is 0 Å². The van der Waals surface area contributed by atoms with Gasteiger partial charge < -0.3 is 14.2 Å². The van der Waals surface area contributed by atoms with E-state index >= 15 is 0 Å². The Morgan fingerprint density at radius 1 is 1.05 bits per heavy atom. The van der Waals surface area contributed by atoms with Gasteiger partial charge in [-0.15, -0.1) is 0 Å². The minimum Gasteiger partial charge on any atom is -0.505 e. The van der Waals surface area contributed by atoms with E-state index in [9.17, 15) is 4.79 Å². The first kappa shape index (κ1) is 20.6. The van der Waals surface area contributed by atoms with Crippen LogP contribution in [0.4, 0.5) is 4.79 Å². The largest absolute Gasteiger partial charge is 0.509 e. The fourth-order valence-electron chi connectivity index (χ4n) is 2.14. The molecule has 0 aromatic carbocycles. The van der Waals surface area contributed by atoms with Gasteiger partial charge in [-0.2, -0.15) is 0 Å². The van der Waals surface area contributed by atoms with Gasteiger partial charge in [-0.1, -0.05) is 39.8 Å². The highest BCUT2D eigenvalue weighted by Crippen LogP contribution is 2.21. The summed E-state index contributed by atoms with van der Waals surface area (Å²) in [5.41, 5.74) is -0.586. The maximum absolute atomic E-state index is 12.0. The third kappa shape index (κ3) is 9.48. The molecular formula is C18H32O4. The van der Waals surface area contributed by atoms with E-state index < -0.39 is 11.8 Å². The van der Waals surface area contributed by atoms with Crippen molar-refractivity contribution in [2.45, 2.75) is 66.1 Å². The first-order valence-electron chi connectivity index (χ1n) is 7.92. The maximum atomic E-state index is 12.0. The first-order chi connectivity index (χ1) is 10.2. The number of hydrogen-bond acceptors (Lipinski definition) is 4. The van der Waals surface area contributed by atoms with Crippen molar-refractivity contribution in [3.8, 4) is 0 Å². The summed E-state index contributed by atoms with van der Waals surface area (Å²) in [7, 11) is 1.62. The predicted octanol–water partition coefficient (Wildman–Crippen LogP) is 5.10. The van der Waals surface area contributed by atoms with Crippen molar-refractivity contribution in [1.29, 1.82) is 0 Å². The second-order valence-electron chi connectivity index (χ2n) is 6.70. The Labute approximate surface area is 135 Å². The number of allylic oxidation sites excluding steroid dienone is 2. The van der Waals surface area contributed by atoms with E-state index in [-0.39, 0.29) is 17.9 Å². The number of hydrogen-bond donors (Lipinski definition) is 0. The molecular weight excluding hydrogens is 280 g/mol. The molecule has 0 heterocycles. The lowest BCUT2D eigenvalue weighted by Gasteiger charge is -2.28. The topological polar surface area (TPSA) is 44.8 Å². The van der Waals surface area contributed by atoms with Crippen LogP contribution in [0.15, 0.2) is 24.5 Å². The van der Waals surface area contributed by atoms with Crippen molar-refractivity contribution < 1.29 is 19.0 Å². The molecule has 0 radical (unpaired) electrons. The first-order valence-corrected chi connectivity index (χ1v) is 7.92. The molecule has 0 aromatic heterocycles. The number of methoxy groups -OCH3 is 1. The molecule has 0 saturated carbocycles. The Morgan fingerprint density at radius 2 is 1.64 bits per heavy atom. The molecule has 0 unspecified atom stereocenters. The Morgan fingerprint density at radius 3 is 2.14 bits per heavy atom. The molecule has 0 aromatic rings. The van der Waals surface area contributed by atoms with Crippen LogP contribution in [0, 0.1) is 11.8 Å². The number of rotatable bonds is 9. The summed E-state index contributed by atoms with van der Waals surface area (Å²) in [6, 6.07) is 0. The fourth-order valence-corrected chi connectivity index (χ4v) is 2.14. The van der Waals surface area contributed by atoms with Gasteiger partial charge in [-0.05, 0) is 38.2 Å². The van der Waals surface area contributed by atoms with Crippen LogP contribution in [0.3, 0.4) is 0 Å². The van der Waals surface area contributed by atoms with Gasteiger partial charge in [0, 0.05) is 6.42 Å². The van der Waals surface area contributed by atoms with Crippen LogP contribution < -0.4 is 0 Å². The van der Waals surface area contributed by atoms with Gasteiger partial charge >= 0.3 is 6.16 Å². The Kier molecular flexibility index (Phi) is 9.63. The van der Waals surface area contributed by atoms with Crippen LogP contribution in [0.1, 0.15) is 54.4 Å². The molecule has 0 rings (SSSR count). The van der Waals surface area contributed by atoms with E-state index in [0.717, 1.165) is 6.42 Å². The molecule has 0 fully saturated rings. The Bertz CT molecular complexity index is 359. The normalized spacial score (nSPS) is 12.8. The van der Waals surface area contributed by atoms with Crippen molar-refractivity contribution >= 4 is 6.16 Å². The third-order valence-electron chi connectivity index (χ3n) is 3.19. The van der Waals surface area contributed by atoms with Crippen LogP contribution in [0.2, 0.25) is 0 Å².